The molecule has 6 heteroatoms. The molecule has 27 heavy (non-hydrogen) atoms. The third-order valence-corrected chi connectivity index (χ3v) is 6.60. The van der Waals surface area contributed by atoms with E-state index in [0.29, 0.717) is 31.1 Å². The Kier molecular flexibility index (Phi) is 5.00. The lowest BCUT2D eigenvalue weighted by atomic mass is 10.1. The molecule has 2 amide bonds. The van der Waals surface area contributed by atoms with Crippen molar-refractivity contribution in [1.29, 1.82) is 0 Å². The number of nitrogens with zero attached hydrogens (tertiary/aromatic N) is 3. The Labute approximate surface area is 164 Å². The van der Waals surface area contributed by atoms with Crippen LogP contribution in [0.25, 0.3) is 10.6 Å². The van der Waals surface area contributed by atoms with Crippen molar-refractivity contribution in [2.24, 2.45) is 5.92 Å². The Morgan fingerprint density at radius 1 is 1.07 bits per heavy atom. The monoisotopic (exact) mass is 383 g/mol. The van der Waals surface area contributed by atoms with Crippen LogP contribution >= 0.6 is 11.3 Å². The molecule has 1 aromatic carbocycles. The van der Waals surface area contributed by atoms with Crippen LogP contribution in [-0.2, 0) is 11.2 Å². The number of amides is 2. The molecule has 1 saturated heterocycles. The fraction of sp³-hybridized carbons (Fsp3) is 0.476. The summed E-state index contributed by atoms with van der Waals surface area (Å²) in [4.78, 5) is 34.3. The second-order valence-corrected chi connectivity index (χ2v) is 8.37. The van der Waals surface area contributed by atoms with Crippen LogP contribution in [-0.4, -0.2) is 52.8 Å². The summed E-state index contributed by atoms with van der Waals surface area (Å²) in [5, 5.41) is 0.890. The second-order valence-electron chi connectivity index (χ2n) is 7.38. The molecule has 0 bridgehead atoms. The van der Waals surface area contributed by atoms with Gasteiger partial charge in [-0.3, -0.25) is 9.59 Å². The number of hydrogen-bond acceptors (Lipinski definition) is 4. The maximum atomic E-state index is 13.0. The van der Waals surface area contributed by atoms with Crippen molar-refractivity contribution in [1.82, 2.24) is 14.8 Å². The summed E-state index contributed by atoms with van der Waals surface area (Å²) in [6.45, 7) is 6.54. The van der Waals surface area contributed by atoms with Gasteiger partial charge >= 0.3 is 0 Å². The summed E-state index contributed by atoms with van der Waals surface area (Å²) in [6, 6.07) is 8.38. The van der Waals surface area contributed by atoms with Crippen molar-refractivity contribution in [3.8, 4) is 10.6 Å². The number of thiazole rings is 1. The minimum absolute atomic E-state index is 0.0416. The first-order chi connectivity index (χ1) is 13.1. The SMILES string of the molecule is CCc1ccc(-c2nc(C)c(C(=O)N3CCN(C(=O)C4CC4)CC3)s2)cc1. The molecule has 0 spiro atoms. The third kappa shape index (κ3) is 3.76. The second kappa shape index (κ2) is 7.43. The highest BCUT2D eigenvalue weighted by Crippen LogP contribution is 2.32. The first kappa shape index (κ1) is 18.2. The highest BCUT2D eigenvalue weighted by molar-refractivity contribution is 7.17. The molecule has 1 aliphatic carbocycles. The standard InChI is InChI=1S/C21H25N3O2S/c1-3-15-4-6-16(7-5-15)19-22-14(2)18(27-19)21(26)24-12-10-23(11-13-24)20(25)17-8-9-17/h4-7,17H,3,8-13H2,1-2H3. The molecule has 1 aliphatic heterocycles. The van der Waals surface area contributed by atoms with Gasteiger partial charge in [0.1, 0.15) is 9.88 Å². The minimum Gasteiger partial charge on any atom is -0.339 e. The van der Waals surface area contributed by atoms with Crippen LogP contribution in [0.15, 0.2) is 24.3 Å². The van der Waals surface area contributed by atoms with Crippen LogP contribution in [0.1, 0.15) is 40.7 Å². The minimum atomic E-state index is 0.0416. The molecular weight excluding hydrogens is 358 g/mol. The lowest BCUT2D eigenvalue weighted by Gasteiger charge is -2.34. The summed E-state index contributed by atoms with van der Waals surface area (Å²) in [5.41, 5.74) is 3.14. The van der Waals surface area contributed by atoms with E-state index in [4.69, 9.17) is 0 Å². The van der Waals surface area contributed by atoms with Crippen LogP contribution in [0, 0.1) is 12.8 Å². The molecule has 2 heterocycles. The quantitative estimate of drug-likeness (QED) is 0.813. The summed E-state index contributed by atoms with van der Waals surface area (Å²) in [7, 11) is 0. The van der Waals surface area contributed by atoms with Crippen LogP contribution in [0.3, 0.4) is 0 Å². The Morgan fingerprint density at radius 2 is 1.70 bits per heavy atom. The van der Waals surface area contributed by atoms with E-state index in [1.807, 2.05) is 16.7 Å². The number of carbonyl (C=O) groups excluding carboxylic acids is 2. The average Bonchev–Trinajstić information content (AvgIpc) is 3.49. The number of benzene rings is 1. The highest BCUT2D eigenvalue weighted by Gasteiger charge is 2.35. The fourth-order valence-electron chi connectivity index (χ4n) is 3.46. The maximum absolute atomic E-state index is 13.0. The normalized spacial score (nSPS) is 17.3. The van der Waals surface area contributed by atoms with E-state index in [1.54, 1.807) is 0 Å². The number of aromatic nitrogens is 1. The van der Waals surface area contributed by atoms with Gasteiger partial charge in [0.2, 0.25) is 5.91 Å². The molecule has 1 aromatic heterocycles. The Hall–Kier alpha value is -2.21. The smallest absolute Gasteiger partial charge is 0.265 e. The number of rotatable bonds is 4. The van der Waals surface area contributed by atoms with Crippen molar-refractivity contribution in [3.05, 3.63) is 40.4 Å². The van der Waals surface area contributed by atoms with Gasteiger partial charge in [0.25, 0.3) is 5.91 Å². The van der Waals surface area contributed by atoms with Crippen LogP contribution in [0.5, 0.6) is 0 Å². The molecule has 0 atom stereocenters. The molecule has 0 unspecified atom stereocenters. The molecular formula is C21H25N3O2S. The van der Waals surface area contributed by atoms with E-state index >= 15 is 0 Å². The number of hydrogen-bond donors (Lipinski definition) is 0. The number of piperazine rings is 1. The van der Waals surface area contributed by atoms with E-state index in [-0.39, 0.29) is 17.7 Å². The Balaban J connectivity index is 1.44. The molecule has 2 aliphatic rings. The van der Waals surface area contributed by atoms with Crippen molar-refractivity contribution >= 4 is 23.2 Å². The maximum Gasteiger partial charge on any atom is 0.265 e. The number of aryl methyl sites for hydroxylation is 2. The van der Waals surface area contributed by atoms with Gasteiger partial charge < -0.3 is 9.80 Å². The number of carbonyl (C=O) groups is 2. The third-order valence-electron chi connectivity index (χ3n) is 5.41. The van der Waals surface area contributed by atoms with Crippen molar-refractivity contribution < 1.29 is 9.59 Å². The first-order valence-electron chi connectivity index (χ1n) is 9.71. The van der Waals surface area contributed by atoms with Crippen molar-refractivity contribution in [2.75, 3.05) is 26.2 Å². The van der Waals surface area contributed by atoms with Gasteiger partial charge in [0.05, 0.1) is 5.69 Å². The van der Waals surface area contributed by atoms with Gasteiger partial charge in [-0.15, -0.1) is 11.3 Å². The van der Waals surface area contributed by atoms with E-state index in [2.05, 4.69) is 36.2 Å². The first-order valence-corrected chi connectivity index (χ1v) is 10.5. The summed E-state index contributed by atoms with van der Waals surface area (Å²) in [6.07, 6.45) is 3.07. The Morgan fingerprint density at radius 3 is 2.30 bits per heavy atom. The molecule has 0 radical (unpaired) electrons. The van der Waals surface area contributed by atoms with E-state index in [1.165, 1.54) is 16.9 Å². The Bertz CT molecular complexity index is 847. The highest BCUT2D eigenvalue weighted by atomic mass is 32.1. The molecule has 4 rings (SSSR count). The zero-order chi connectivity index (χ0) is 19.0. The molecule has 0 N–H and O–H groups in total. The van der Waals surface area contributed by atoms with E-state index in [9.17, 15) is 9.59 Å². The molecule has 2 aromatic rings. The summed E-state index contributed by atoms with van der Waals surface area (Å²) >= 11 is 1.47. The predicted molar refractivity (Wildman–Crippen MR) is 107 cm³/mol. The van der Waals surface area contributed by atoms with E-state index in [0.717, 1.165) is 35.5 Å². The van der Waals surface area contributed by atoms with Gasteiger partial charge in [-0.1, -0.05) is 31.2 Å². The predicted octanol–water partition coefficient (Wildman–Crippen LogP) is 3.38. The molecule has 142 valence electrons. The van der Waals surface area contributed by atoms with Crippen LogP contribution in [0.4, 0.5) is 0 Å². The summed E-state index contributed by atoms with van der Waals surface area (Å²) < 4.78 is 0. The van der Waals surface area contributed by atoms with Crippen molar-refractivity contribution in [3.63, 3.8) is 0 Å². The zero-order valence-electron chi connectivity index (χ0n) is 15.9. The summed E-state index contributed by atoms with van der Waals surface area (Å²) in [5.74, 6) is 0.562. The lowest BCUT2D eigenvalue weighted by molar-refractivity contribution is -0.134. The van der Waals surface area contributed by atoms with Crippen LogP contribution in [0.2, 0.25) is 0 Å². The van der Waals surface area contributed by atoms with Gasteiger partial charge in [0, 0.05) is 37.7 Å². The zero-order valence-corrected chi connectivity index (χ0v) is 16.7. The van der Waals surface area contributed by atoms with Gasteiger partial charge in [-0.25, -0.2) is 4.98 Å². The van der Waals surface area contributed by atoms with Crippen LogP contribution < -0.4 is 0 Å². The van der Waals surface area contributed by atoms with Gasteiger partial charge in [-0.2, -0.15) is 0 Å². The van der Waals surface area contributed by atoms with Gasteiger partial charge in [-0.05, 0) is 31.7 Å². The fourth-order valence-corrected chi connectivity index (χ4v) is 4.50. The molecule has 1 saturated carbocycles. The largest absolute Gasteiger partial charge is 0.339 e. The average molecular weight is 384 g/mol. The van der Waals surface area contributed by atoms with Gasteiger partial charge in [0.15, 0.2) is 0 Å². The topological polar surface area (TPSA) is 53.5 Å². The molecule has 5 nitrogen and oxygen atoms in total. The van der Waals surface area contributed by atoms with E-state index < -0.39 is 0 Å². The molecule has 2 fully saturated rings. The lowest BCUT2D eigenvalue weighted by Crippen LogP contribution is -2.51. The van der Waals surface area contributed by atoms with Crippen molar-refractivity contribution in [2.45, 2.75) is 33.1 Å².